The third-order valence-corrected chi connectivity index (χ3v) is 5.82. The lowest BCUT2D eigenvalue weighted by Gasteiger charge is -2.32. The van der Waals surface area contributed by atoms with Gasteiger partial charge in [-0.05, 0) is 44.4 Å². The molecule has 3 aromatic rings. The predicted molar refractivity (Wildman–Crippen MR) is 103 cm³/mol. The van der Waals surface area contributed by atoms with Gasteiger partial charge >= 0.3 is 0 Å². The third-order valence-electron chi connectivity index (χ3n) is 5.82. The van der Waals surface area contributed by atoms with Gasteiger partial charge in [-0.2, -0.15) is 9.61 Å². The SMILES string of the molecule is Cc1cc(C(=O)N2CCC(c3nnc4ccc(N5CCC5)nn34)CC2)n(C)n1. The number of aryl methyl sites for hydroxylation is 2. The van der Waals surface area contributed by atoms with Crippen molar-refractivity contribution in [2.75, 3.05) is 31.1 Å². The first-order chi connectivity index (χ1) is 13.6. The number of amides is 1. The second-order valence-electron chi connectivity index (χ2n) is 7.72. The smallest absolute Gasteiger partial charge is 0.272 e. The summed E-state index contributed by atoms with van der Waals surface area (Å²) in [6, 6.07) is 5.85. The van der Waals surface area contributed by atoms with E-state index in [2.05, 4.69) is 20.2 Å². The molecule has 0 bridgehead atoms. The Morgan fingerprint density at radius 2 is 1.86 bits per heavy atom. The van der Waals surface area contributed by atoms with Gasteiger partial charge in [0.25, 0.3) is 5.91 Å². The fourth-order valence-corrected chi connectivity index (χ4v) is 4.08. The normalized spacial score (nSPS) is 17.9. The highest BCUT2D eigenvalue weighted by molar-refractivity contribution is 5.92. The van der Waals surface area contributed by atoms with Crippen molar-refractivity contribution in [3.63, 3.8) is 0 Å². The lowest BCUT2D eigenvalue weighted by molar-refractivity contribution is 0.0699. The number of piperidine rings is 1. The Morgan fingerprint density at radius 1 is 1.07 bits per heavy atom. The lowest BCUT2D eigenvalue weighted by atomic mass is 9.96. The molecule has 2 aliphatic rings. The van der Waals surface area contributed by atoms with Crippen molar-refractivity contribution >= 4 is 17.4 Å². The molecule has 0 spiro atoms. The first-order valence-corrected chi connectivity index (χ1v) is 9.87. The standard InChI is InChI=1S/C19H24N8O/c1-13-12-15(24(2)22-13)19(28)26-10-6-14(7-11-26)18-21-20-16-4-5-17(23-27(16)18)25-8-3-9-25/h4-5,12,14H,3,6-11H2,1-2H3. The van der Waals surface area contributed by atoms with Gasteiger partial charge < -0.3 is 9.80 Å². The zero-order valence-electron chi connectivity index (χ0n) is 16.2. The Morgan fingerprint density at radius 3 is 2.50 bits per heavy atom. The Balaban J connectivity index is 1.32. The number of nitrogens with zero attached hydrogens (tertiary/aromatic N) is 8. The maximum absolute atomic E-state index is 12.8. The summed E-state index contributed by atoms with van der Waals surface area (Å²) in [6.45, 7) is 5.43. The Bertz CT molecular complexity index is 1030. The van der Waals surface area contributed by atoms with Crippen molar-refractivity contribution in [2.24, 2.45) is 7.05 Å². The van der Waals surface area contributed by atoms with Crippen LogP contribution in [0.25, 0.3) is 5.65 Å². The molecule has 5 rings (SSSR count). The molecule has 1 amide bonds. The van der Waals surface area contributed by atoms with Crippen molar-refractivity contribution in [3.8, 4) is 0 Å². The van der Waals surface area contributed by atoms with Crippen LogP contribution < -0.4 is 4.90 Å². The number of rotatable bonds is 3. The zero-order valence-corrected chi connectivity index (χ0v) is 16.2. The molecule has 5 heterocycles. The largest absolute Gasteiger partial charge is 0.355 e. The molecule has 9 heteroatoms. The number of hydrogen-bond donors (Lipinski definition) is 0. The first kappa shape index (κ1) is 17.2. The molecule has 0 atom stereocenters. The van der Waals surface area contributed by atoms with Crippen LogP contribution in [0.1, 0.15) is 47.2 Å². The van der Waals surface area contributed by atoms with E-state index in [0.29, 0.717) is 18.8 Å². The second-order valence-corrected chi connectivity index (χ2v) is 7.72. The van der Waals surface area contributed by atoms with Gasteiger partial charge in [-0.1, -0.05) is 0 Å². The maximum Gasteiger partial charge on any atom is 0.272 e. The van der Waals surface area contributed by atoms with Gasteiger partial charge in [0, 0.05) is 39.1 Å². The first-order valence-electron chi connectivity index (χ1n) is 9.87. The number of hydrogen-bond acceptors (Lipinski definition) is 6. The number of anilines is 1. The monoisotopic (exact) mass is 380 g/mol. The fourth-order valence-electron chi connectivity index (χ4n) is 4.08. The number of aromatic nitrogens is 6. The average Bonchev–Trinajstić information content (AvgIpc) is 3.22. The summed E-state index contributed by atoms with van der Waals surface area (Å²) < 4.78 is 3.55. The fraction of sp³-hybridized carbons (Fsp3) is 0.526. The summed E-state index contributed by atoms with van der Waals surface area (Å²) in [4.78, 5) is 17.0. The van der Waals surface area contributed by atoms with E-state index in [1.165, 1.54) is 6.42 Å². The summed E-state index contributed by atoms with van der Waals surface area (Å²) >= 11 is 0. The molecule has 0 unspecified atom stereocenters. The molecule has 146 valence electrons. The molecule has 2 saturated heterocycles. The highest BCUT2D eigenvalue weighted by atomic mass is 16.2. The third kappa shape index (κ3) is 2.81. The molecule has 0 N–H and O–H groups in total. The van der Waals surface area contributed by atoms with Crippen molar-refractivity contribution in [1.29, 1.82) is 0 Å². The van der Waals surface area contributed by atoms with E-state index in [9.17, 15) is 4.79 Å². The molecule has 9 nitrogen and oxygen atoms in total. The van der Waals surface area contributed by atoms with Gasteiger partial charge in [-0.25, -0.2) is 0 Å². The second kappa shape index (κ2) is 6.57. The molecule has 2 fully saturated rings. The number of likely N-dealkylation sites (tertiary alicyclic amines) is 1. The summed E-state index contributed by atoms with van der Waals surface area (Å²) in [7, 11) is 1.82. The van der Waals surface area contributed by atoms with Crippen LogP contribution in [-0.2, 0) is 7.05 Å². The van der Waals surface area contributed by atoms with Crippen molar-refractivity contribution in [3.05, 3.63) is 35.4 Å². The van der Waals surface area contributed by atoms with Crippen LogP contribution in [0.5, 0.6) is 0 Å². The van der Waals surface area contributed by atoms with Crippen LogP contribution in [0.2, 0.25) is 0 Å². The van der Waals surface area contributed by atoms with E-state index < -0.39 is 0 Å². The topological polar surface area (TPSA) is 84.5 Å². The Labute approximate surface area is 162 Å². The zero-order chi connectivity index (χ0) is 19.3. The minimum atomic E-state index is 0.0471. The van der Waals surface area contributed by atoms with Crippen LogP contribution in [0.15, 0.2) is 18.2 Å². The summed E-state index contributed by atoms with van der Waals surface area (Å²) in [5.41, 5.74) is 2.28. The van der Waals surface area contributed by atoms with E-state index in [1.807, 2.05) is 41.6 Å². The quantitative estimate of drug-likeness (QED) is 0.683. The van der Waals surface area contributed by atoms with Crippen LogP contribution in [-0.4, -0.2) is 66.6 Å². The molecular weight excluding hydrogens is 356 g/mol. The number of carbonyl (C=O) groups excluding carboxylic acids is 1. The molecule has 28 heavy (non-hydrogen) atoms. The summed E-state index contributed by atoms with van der Waals surface area (Å²) in [5, 5.41) is 17.8. The minimum Gasteiger partial charge on any atom is -0.355 e. The van der Waals surface area contributed by atoms with E-state index in [4.69, 9.17) is 5.10 Å². The summed E-state index contributed by atoms with van der Waals surface area (Å²) in [5.74, 6) is 2.19. The van der Waals surface area contributed by atoms with Crippen molar-refractivity contribution in [2.45, 2.75) is 32.1 Å². The van der Waals surface area contributed by atoms with Crippen molar-refractivity contribution < 1.29 is 4.79 Å². The van der Waals surface area contributed by atoms with Gasteiger partial charge in [-0.3, -0.25) is 9.48 Å². The van der Waals surface area contributed by atoms with Gasteiger partial charge in [-0.15, -0.1) is 15.3 Å². The molecule has 0 aromatic carbocycles. The van der Waals surface area contributed by atoms with E-state index in [0.717, 1.165) is 48.9 Å². The molecular formula is C19H24N8O. The van der Waals surface area contributed by atoms with Crippen LogP contribution in [0, 0.1) is 6.92 Å². The van der Waals surface area contributed by atoms with Gasteiger partial charge in [0.05, 0.1) is 5.69 Å². The predicted octanol–water partition coefficient (Wildman–Crippen LogP) is 1.40. The Kier molecular flexibility index (Phi) is 4.03. The van der Waals surface area contributed by atoms with E-state index >= 15 is 0 Å². The van der Waals surface area contributed by atoms with Crippen LogP contribution in [0.4, 0.5) is 5.82 Å². The lowest BCUT2D eigenvalue weighted by Crippen LogP contribution is -2.39. The van der Waals surface area contributed by atoms with Crippen LogP contribution in [0.3, 0.4) is 0 Å². The highest BCUT2D eigenvalue weighted by Crippen LogP contribution is 2.28. The average molecular weight is 380 g/mol. The molecule has 0 saturated carbocycles. The van der Waals surface area contributed by atoms with Crippen LogP contribution >= 0.6 is 0 Å². The maximum atomic E-state index is 12.8. The summed E-state index contributed by atoms with van der Waals surface area (Å²) in [6.07, 6.45) is 2.94. The van der Waals surface area contributed by atoms with Crippen molar-refractivity contribution in [1.82, 2.24) is 34.5 Å². The van der Waals surface area contributed by atoms with E-state index in [1.54, 1.807) is 4.68 Å². The highest BCUT2D eigenvalue weighted by Gasteiger charge is 2.29. The number of fused-ring (bicyclic) bond motifs is 1. The molecule has 0 radical (unpaired) electrons. The molecule has 2 aliphatic heterocycles. The molecule has 3 aromatic heterocycles. The number of carbonyl (C=O) groups is 1. The van der Waals surface area contributed by atoms with Gasteiger partial charge in [0.2, 0.25) is 0 Å². The Hall–Kier alpha value is -2.97. The molecule has 0 aliphatic carbocycles. The van der Waals surface area contributed by atoms with E-state index in [-0.39, 0.29) is 11.8 Å². The van der Waals surface area contributed by atoms with Gasteiger partial charge in [0.15, 0.2) is 11.5 Å². The van der Waals surface area contributed by atoms with Gasteiger partial charge in [0.1, 0.15) is 11.5 Å². The minimum absolute atomic E-state index is 0.0471.